The summed E-state index contributed by atoms with van der Waals surface area (Å²) in [7, 11) is 1.50. The van der Waals surface area contributed by atoms with Crippen LogP contribution in [0.3, 0.4) is 0 Å². The van der Waals surface area contributed by atoms with Gasteiger partial charge in [-0.2, -0.15) is 41.3 Å². The van der Waals surface area contributed by atoms with Crippen LogP contribution < -0.4 is 20.1 Å². The van der Waals surface area contributed by atoms with E-state index in [1.165, 1.54) is 13.2 Å². The molecular formula is C26H21F6N5O2. The first kappa shape index (κ1) is 27.5. The van der Waals surface area contributed by atoms with Gasteiger partial charge < -0.3 is 20.1 Å². The summed E-state index contributed by atoms with van der Waals surface area (Å²) in [5, 5.41) is 5.42. The Balaban J connectivity index is 1.57. The van der Waals surface area contributed by atoms with Gasteiger partial charge in [-0.05, 0) is 35.4 Å². The number of anilines is 3. The number of hydrogen-bond donors (Lipinski definition) is 2. The molecule has 0 spiro atoms. The lowest BCUT2D eigenvalue weighted by Crippen LogP contribution is -2.21. The van der Waals surface area contributed by atoms with E-state index in [0.717, 1.165) is 29.3 Å². The lowest BCUT2D eigenvalue weighted by molar-refractivity contribution is -0.154. The highest BCUT2D eigenvalue weighted by Crippen LogP contribution is 2.32. The maximum absolute atomic E-state index is 13.1. The van der Waals surface area contributed by atoms with E-state index < -0.39 is 30.5 Å². The Labute approximate surface area is 218 Å². The maximum Gasteiger partial charge on any atom is 0.422 e. The fraction of sp³-hybridized carbons (Fsp3) is 0.192. The minimum Gasteiger partial charge on any atom is -0.496 e. The minimum atomic E-state index is -4.66. The highest BCUT2D eigenvalue weighted by atomic mass is 19.4. The zero-order valence-corrected chi connectivity index (χ0v) is 20.3. The van der Waals surface area contributed by atoms with Crippen LogP contribution in [0.15, 0.2) is 72.8 Å². The standard InChI is InChI=1S/C26H21F6N5O2/c1-38-21-12-17(16-6-3-2-4-7-16)10-11-18(21)14-33-22-35-23(37-24(36-22)39-15-25(27,28)29)34-20-9-5-8-19(13-20)26(30,31)32/h2-13H,14-15H2,1H3,(H2,33,34,35,36,37). The Kier molecular flexibility index (Phi) is 8.07. The van der Waals surface area contributed by atoms with Crippen molar-refractivity contribution in [3.8, 4) is 22.9 Å². The van der Waals surface area contributed by atoms with Crippen LogP contribution in [-0.2, 0) is 12.7 Å². The number of methoxy groups -OCH3 is 1. The monoisotopic (exact) mass is 549 g/mol. The van der Waals surface area contributed by atoms with E-state index in [2.05, 4.69) is 30.3 Å². The summed E-state index contributed by atoms with van der Waals surface area (Å²) in [6.45, 7) is -1.57. The van der Waals surface area contributed by atoms with Gasteiger partial charge in [0.05, 0.1) is 12.7 Å². The molecule has 4 aromatic rings. The largest absolute Gasteiger partial charge is 0.496 e. The average molecular weight is 549 g/mol. The van der Waals surface area contributed by atoms with Crippen LogP contribution in [-0.4, -0.2) is 34.8 Å². The third-order valence-corrected chi connectivity index (χ3v) is 5.26. The van der Waals surface area contributed by atoms with Crippen molar-refractivity contribution in [1.82, 2.24) is 15.0 Å². The molecule has 0 aliphatic carbocycles. The lowest BCUT2D eigenvalue weighted by atomic mass is 10.0. The average Bonchev–Trinajstić information content (AvgIpc) is 2.90. The molecule has 0 amide bonds. The second-order valence-electron chi connectivity index (χ2n) is 8.12. The summed E-state index contributed by atoms with van der Waals surface area (Å²) in [5.74, 6) is 0.0370. The van der Waals surface area contributed by atoms with Gasteiger partial charge in [0.2, 0.25) is 11.9 Å². The molecule has 0 aliphatic heterocycles. The summed E-state index contributed by atoms with van der Waals surface area (Å²) in [6, 6.07) is 18.6. The van der Waals surface area contributed by atoms with Gasteiger partial charge in [0.15, 0.2) is 6.61 Å². The van der Waals surface area contributed by atoms with E-state index in [0.29, 0.717) is 11.3 Å². The highest BCUT2D eigenvalue weighted by molar-refractivity contribution is 5.66. The zero-order chi connectivity index (χ0) is 28.0. The number of nitrogens with zero attached hydrogens (tertiary/aromatic N) is 3. The Morgan fingerprint density at radius 3 is 2.21 bits per heavy atom. The predicted molar refractivity (Wildman–Crippen MR) is 132 cm³/mol. The molecule has 0 radical (unpaired) electrons. The maximum atomic E-state index is 13.1. The van der Waals surface area contributed by atoms with Crippen LogP contribution in [0.2, 0.25) is 0 Å². The van der Waals surface area contributed by atoms with Gasteiger partial charge in [-0.25, -0.2) is 0 Å². The minimum absolute atomic E-state index is 0.0399. The highest BCUT2D eigenvalue weighted by Gasteiger charge is 2.31. The molecule has 0 atom stereocenters. The van der Waals surface area contributed by atoms with Crippen molar-refractivity contribution in [3.05, 3.63) is 83.9 Å². The fourth-order valence-electron chi connectivity index (χ4n) is 3.48. The van der Waals surface area contributed by atoms with Crippen molar-refractivity contribution in [3.63, 3.8) is 0 Å². The molecule has 39 heavy (non-hydrogen) atoms. The molecule has 0 saturated carbocycles. The van der Waals surface area contributed by atoms with E-state index in [9.17, 15) is 26.3 Å². The molecule has 13 heteroatoms. The molecule has 0 aliphatic rings. The molecule has 7 nitrogen and oxygen atoms in total. The first-order valence-electron chi connectivity index (χ1n) is 11.4. The molecule has 2 N–H and O–H groups in total. The van der Waals surface area contributed by atoms with Crippen LogP contribution >= 0.6 is 0 Å². The molecule has 3 aromatic carbocycles. The predicted octanol–water partition coefficient (Wildman–Crippen LogP) is 6.86. The first-order valence-corrected chi connectivity index (χ1v) is 11.4. The molecule has 0 fully saturated rings. The Morgan fingerprint density at radius 1 is 0.769 bits per heavy atom. The molecule has 4 rings (SSSR count). The molecule has 1 heterocycles. The SMILES string of the molecule is COc1cc(-c2ccccc2)ccc1CNc1nc(Nc2cccc(C(F)(F)F)c2)nc(OCC(F)(F)F)n1. The van der Waals surface area contributed by atoms with Crippen LogP contribution in [0.1, 0.15) is 11.1 Å². The summed E-state index contributed by atoms with van der Waals surface area (Å²) in [4.78, 5) is 11.7. The smallest absolute Gasteiger partial charge is 0.422 e. The van der Waals surface area contributed by atoms with Crippen LogP contribution in [0.25, 0.3) is 11.1 Å². The number of nitrogens with one attached hydrogen (secondary N) is 2. The third-order valence-electron chi connectivity index (χ3n) is 5.26. The van der Waals surface area contributed by atoms with Crippen LogP contribution in [0, 0.1) is 0 Å². The van der Waals surface area contributed by atoms with Crippen molar-refractivity contribution in [2.24, 2.45) is 0 Å². The molecule has 0 saturated heterocycles. The Hall–Kier alpha value is -4.55. The number of benzene rings is 3. The van der Waals surface area contributed by atoms with Crippen molar-refractivity contribution >= 4 is 17.6 Å². The van der Waals surface area contributed by atoms with Crippen LogP contribution in [0.4, 0.5) is 43.9 Å². The molecule has 0 bridgehead atoms. The van der Waals surface area contributed by atoms with Crippen LogP contribution in [0.5, 0.6) is 11.8 Å². The summed E-state index contributed by atoms with van der Waals surface area (Å²) < 4.78 is 87.5. The zero-order valence-electron chi connectivity index (χ0n) is 20.3. The first-order chi connectivity index (χ1) is 18.5. The number of ether oxygens (including phenoxy) is 2. The number of halogens is 6. The van der Waals surface area contributed by atoms with Crippen molar-refractivity contribution in [2.75, 3.05) is 24.4 Å². The van der Waals surface area contributed by atoms with Gasteiger partial charge in [0, 0.05) is 17.8 Å². The second-order valence-corrected chi connectivity index (χ2v) is 8.12. The number of rotatable bonds is 9. The summed E-state index contributed by atoms with van der Waals surface area (Å²) in [6.07, 6.45) is -9.26. The van der Waals surface area contributed by atoms with Gasteiger partial charge >= 0.3 is 18.4 Å². The fourth-order valence-corrected chi connectivity index (χ4v) is 3.48. The number of alkyl halides is 6. The van der Waals surface area contributed by atoms with Crippen molar-refractivity contribution in [2.45, 2.75) is 18.9 Å². The van der Waals surface area contributed by atoms with E-state index in [1.807, 2.05) is 42.5 Å². The van der Waals surface area contributed by atoms with Crippen molar-refractivity contribution < 1.29 is 35.8 Å². The second kappa shape index (κ2) is 11.5. The molecule has 0 unspecified atom stereocenters. The third kappa shape index (κ3) is 7.72. The molecule has 1 aromatic heterocycles. The Morgan fingerprint density at radius 2 is 1.51 bits per heavy atom. The van der Waals surface area contributed by atoms with Gasteiger partial charge in [0.1, 0.15) is 5.75 Å². The lowest BCUT2D eigenvalue weighted by Gasteiger charge is -2.14. The number of aromatic nitrogens is 3. The number of hydrogen-bond acceptors (Lipinski definition) is 7. The molecule has 204 valence electrons. The normalized spacial score (nSPS) is 11.7. The van der Waals surface area contributed by atoms with Gasteiger partial charge in [-0.1, -0.05) is 48.5 Å². The van der Waals surface area contributed by atoms with Crippen molar-refractivity contribution in [1.29, 1.82) is 0 Å². The van der Waals surface area contributed by atoms with E-state index in [4.69, 9.17) is 4.74 Å². The summed E-state index contributed by atoms with van der Waals surface area (Å²) in [5.41, 5.74) is 1.60. The van der Waals surface area contributed by atoms with E-state index in [-0.39, 0.29) is 24.1 Å². The van der Waals surface area contributed by atoms with E-state index in [1.54, 1.807) is 6.07 Å². The summed E-state index contributed by atoms with van der Waals surface area (Å²) >= 11 is 0. The molecular weight excluding hydrogens is 528 g/mol. The van der Waals surface area contributed by atoms with E-state index >= 15 is 0 Å². The Bertz CT molecular complexity index is 1410. The topological polar surface area (TPSA) is 81.2 Å². The van der Waals surface area contributed by atoms with Gasteiger partial charge in [0.25, 0.3) is 0 Å². The van der Waals surface area contributed by atoms with Gasteiger partial charge in [-0.15, -0.1) is 0 Å². The van der Waals surface area contributed by atoms with Gasteiger partial charge in [-0.3, -0.25) is 0 Å². The quantitative estimate of drug-likeness (QED) is 0.221.